The van der Waals surface area contributed by atoms with Gasteiger partial charge in [0.1, 0.15) is 0 Å². The van der Waals surface area contributed by atoms with Gasteiger partial charge in [0.2, 0.25) is 0 Å². The van der Waals surface area contributed by atoms with Crippen molar-refractivity contribution in [2.75, 3.05) is 32.8 Å². The maximum atomic E-state index is 10.9. The van der Waals surface area contributed by atoms with Gasteiger partial charge < -0.3 is 15.2 Å². The number of hydrogen-bond acceptors (Lipinski definition) is 4. The summed E-state index contributed by atoms with van der Waals surface area (Å²) in [6.45, 7) is 7.99. The Bertz CT molecular complexity index is 287. The standard InChI is InChI=1S/C11H20N2O3/c1-10(2)8-13(3-4-16-10)11(5-9(14)15)6-12-7-11/h12H,3-8H2,1-2H3,(H,14,15). The lowest BCUT2D eigenvalue weighted by Crippen LogP contribution is -2.72. The SMILES string of the molecule is CC1(C)CN(C2(CC(=O)O)CNC2)CCO1. The number of carboxylic acids is 1. The molecule has 0 radical (unpaired) electrons. The second kappa shape index (κ2) is 3.98. The molecule has 0 aromatic heterocycles. The predicted octanol–water partition coefficient (Wildman–Crippen LogP) is -0.0861. The molecule has 2 rings (SSSR count). The van der Waals surface area contributed by atoms with Gasteiger partial charge in [-0.15, -0.1) is 0 Å². The first kappa shape index (κ1) is 11.8. The van der Waals surface area contributed by atoms with E-state index in [0.717, 1.165) is 26.2 Å². The van der Waals surface area contributed by atoms with Gasteiger partial charge in [0, 0.05) is 26.2 Å². The molecule has 2 aliphatic rings. The zero-order valence-corrected chi connectivity index (χ0v) is 9.95. The molecule has 2 N–H and O–H groups in total. The molecule has 0 atom stereocenters. The Balaban J connectivity index is 2.06. The van der Waals surface area contributed by atoms with Crippen LogP contribution in [0.3, 0.4) is 0 Å². The topological polar surface area (TPSA) is 61.8 Å². The van der Waals surface area contributed by atoms with Crippen molar-refractivity contribution in [3.8, 4) is 0 Å². The summed E-state index contributed by atoms with van der Waals surface area (Å²) in [5.74, 6) is -0.717. The Kier molecular flexibility index (Phi) is 2.94. The lowest BCUT2D eigenvalue weighted by Gasteiger charge is -2.54. The number of aliphatic carboxylic acids is 1. The summed E-state index contributed by atoms with van der Waals surface area (Å²) < 4.78 is 5.65. The van der Waals surface area contributed by atoms with Gasteiger partial charge in [0.25, 0.3) is 0 Å². The second-order valence-corrected chi connectivity index (χ2v) is 5.43. The molecule has 5 nitrogen and oxygen atoms in total. The van der Waals surface area contributed by atoms with Crippen LogP contribution in [0, 0.1) is 0 Å². The summed E-state index contributed by atoms with van der Waals surface area (Å²) in [5, 5.41) is 12.2. The quantitative estimate of drug-likeness (QED) is 0.707. The zero-order valence-electron chi connectivity index (χ0n) is 9.95. The van der Waals surface area contributed by atoms with Crippen molar-refractivity contribution >= 4 is 5.97 Å². The van der Waals surface area contributed by atoms with Crippen LogP contribution in [0.25, 0.3) is 0 Å². The van der Waals surface area contributed by atoms with Crippen molar-refractivity contribution in [3.05, 3.63) is 0 Å². The average molecular weight is 228 g/mol. The van der Waals surface area contributed by atoms with Crippen LogP contribution in [-0.2, 0) is 9.53 Å². The molecule has 92 valence electrons. The van der Waals surface area contributed by atoms with Gasteiger partial charge in [0.05, 0.1) is 24.2 Å². The molecule has 2 fully saturated rings. The fourth-order valence-electron chi connectivity index (χ4n) is 2.58. The fourth-order valence-corrected chi connectivity index (χ4v) is 2.58. The van der Waals surface area contributed by atoms with Gasteiger partial charge >= 0.3 is 5.97 Å². The lowest BCUT2D eigenvalue weighted by molar-refractivity contribution is -0.151. The van der Waals surface area contributed by atoms with Gasteiger partial charge in [0.15, 0.2) is 0 Å². The highest BCUT2D eigenvalue weighted by atomic mass is 16.5. The van der Waals surface area contributed by atoms with E-state index in [-0.39, 0.29) is 17.6 Å². The minimum Gasteiger partial charge on any atom is -0.481 e. The van der Waals surface area contributed by atoms with E-state index in [2.05, 4.69) is 24.1 Å². The summed E-state index contributed by atoms with van der Waals surface area (Å²) in [6, 6.07) is 0. The number of morpholine rings is 1. The van der Waals surface area contributed by atoms with Crippen LogP contribution >= 0.6 is 0 Å². The Hall–Kier alpha value is -0.650. The number of hydrogen-bond donors (Lipinski definition) is 2. The normalized spacial score (nSPS) is 28.4. The predicted molar refractivity (Wildman–Crippen MR) is 59.5 cm³/mol. The van der Waals surface area contributed by atoms with E-state index in [1.807, 2.05) is 0 Å². The molecule has 2 aliphatic heterocycles. The minimum atomic E-state index is -0.717. The molecule has 0 spiro atoms. The van der Waals surface area contributed by atoms with Crippen molar-refractivity contribution < 1.29 is 14.6 Å². The van der Waals surface area contributed by atoms with E-state index in [9.17, 15) is 4.79 Å². The summed E-state index contributed by atoms with van der Waals surface area (Å²) >= 11 is 0. The van der Waals surface area contributed by atoms with Crippen LogP contribution in [0.1, 0.15) is 20.3 Å². The molecule has 0 aromatic carbocycles. The second-order valence-electron chi connectivity index (χ2n) is 5.43. The third-order valence-corrected chi connectivity index (χ3v) is 3.48. The minimum absolute atomic E-state index is 0.167. The molecule has 2 heterocycles. The van der Waals surface area contributed by atoms with Crippen LogP contribution in [-0.4, -0.2) is 59.9 Å². The van der Waals surface area contributed by atoms with E-state index in [1.165, 1.54) is 0 Å². The van der Waals surface area contributed by atoms with Gasteiger partial charge in [-0.1, -0.05) is 0 Å². The summed E-state index contributed by atoms with van der Waals surface area (Å²) in [4.78, 5) is 13.2. The molecule has 0 amide bonds. The highest BCUT2D eigenvalue weighted by Crippen LogP contribution is 2.29. The van der Waals surface area contributed by atoms with Crippen molar-refractivity contribution in [1.82, 2.24) is 10.2 Å². The number of ether oxygens (including phenoxy) is 1. The lowest BCUT2D eigenvalue weighted by atomic mass is 9.85. The van der Waals surface area contributed by atoms with E-state index < -0.39 is 5.97 Å². The Morgan fingerprint density at radius 1 is 1.50 bits per heavy atom. The molecule has 5 heteroatoms. The number of carboxylic acid groups (broad SMARTS) is 1. The summed E-state index contributed by atoms with van der Waals surface area (Å²) in [7, 11) is 0. The van der Waals surface area contributed by atoms with E-state index in [0.29, 0.717) is 6.61 Å². The van der Waals surface area contributed by atoms with Gasteiger partial charge in [-0.05, 0) is 13.8 Å². The number of carbonyl (C=O) groups is 1. The van der Waals surface area contributed by atoms with Crippen molar-refractivity contribution in [2.45, 2.75) is 31.4 Å². The fraction of sp³-hybridized carbons (Fsp3) is 0.909. The highest BCUT2D eigenvalue weighted by molar-refractivity contribution is 5.68. The van der Waals surface area contributed by atoms with Crippen molar-refractivity contribution in [2.24, 2.45) is 0 Å². The van der Waals surface area contributed by atoms with Crippen LogP contribution in [0.4, 0.5) is 0 Å². The number of nitrogens with one attached hydrogen (secondary N) is 1. The number of rotatable bonds is 3. The summed E-state index contributed by atoms with van der Waals surface area (Å²) in [6.07, 6.45) is 0.218. The maximum absolute atomic E-state index is 10.9. The van der Waals surface area contributed by atoms with Crippen LogP contribution in [0.5, 0.6) is 0 Å². The first-order valence-corrected chi connectivity index (χ1v) is 5.75. The molecular formula is C11H20N2O3. The smallest absolute Gasteiger partial charge is 0.305 e. The molecule has 0 aromatic rings. The van der Waals surface area contributed by atoms with E-state index >= 15 is 0 Å². The largest absolute Gasteiger partial charge is 0.481 e. The van der Waals surface area contributed by atoms with E-state index in [4.69, 9.17) is 9.84 Å². The van der Waals surface area contributed by atoms with Crippen LogP contribution < -0.4 is 5.32 Å². The monoisotopic (exact) mass is 228 g/mol. The van der Waals surface area contributed by atoms with Crippen molar-refractivity contribution in [3.63, 3.8) is 0 Å². The Labute approximate surface area is 95.8 Å². The van der Waals surface area contributed by atoms with Gasteiger partial charge in [-0.25, -0.2) is 0 Å². The zero-order chi connectivity index (χ0) is 11.8. The molecule has 2 saturated heterocycles. The first-order chi connectivity index (χ1) is 7.44. The number of nitrogens with zero attached hydrogens (tertiary/aromatic N) is 1. The van der Waals surface area contributed by atoms with Gasteiger partial charge in [-0.2, -0.15) is 0 Å². The Morgan fingerprint density at radius 3 is 2.62 bits per heavy atom. The van der Waals surface area contributed by atoms with E-state index in [1.54, 1.807) is 0 Å². The third-order valence-electron chi connectivity index (χ3n) is 3.48. The van der Waals surface area contributed by atoms with Crippen LogP contribution in [0.2, 0.25) is 0 Å². The molecule has 0 bridgehead atoms. The molecule has 0 aliphatic carbocycles. The molecule has 0 unspecified atom stereocenters. The summed E-state index contributed by atoms with van der Waals surface area (Å²) in [5.41, 5.74) is -0.355. The van der Waals surface area contributed by atoms with Crippen molar-refractivity contribution in [1.29, 1.82) is 0 Å². The van der Waals surface area contributed by atoms with Crippen LogP contribution in [0.15, 0.2) is 0 Å². The van der Waals surface area contributed by atoms with Gasteiger partial charge in [-0.3, -0.25) is 9.69 Å². The Morgan fingerprint density at radius 2 is 2.19 bits per heavy atom. The molecule has 16 heavy (non-hydrogen) atoms. The maximum Gasteiger partial charge on any atom is 0.305 e. The highest BCUT2D eigenvalue weighted by Gasteiger charge is 2.47. The molecular weight excluding hydrogens is 208 g/mol. The average Bonchev–Trinajstić information content (AvgIpc) is 2.09. The first-order valence-electron chi connectivity index (χ1n) is 5.75. The third kappa shape index (κ3) is 2.21. The molecule has 0 saturated carbocycles.